The fourth-order valence-corrected chi connectivity index (χ4v) is 1.44. The Morgan fingerprint density at radius 1 is 1.29 bits per heavy atom. The molecular weight excluding hydrogens is 216 g/mol. The molecule has 0 aliphatic heterocycles. The van der Waals surface area contributed by atoms with Crippen molar-refractivity contribution in [3.63, 3.8) is 0 Å². The van der Waals surface area contributed by atoms with E-state index < -0.39 is 6.03 Å². The van der Waals surface area contributed by atoms with Gasteiger partial charge < -0.3 is 10.6 Å². The van der Waals surface area contributed by atoms with Crippen LogP contribution in [0.3, 0.4) is 0 Å². The first kappa shape index (κ1) is 13.0. The lowest BCUT2D eigenvalue weighted by Gasteiger charge is -2.16. The van der Waals surface area contributed by atoms with E-state index >= 15 is 0 Å². The zero-order valence-corrected chi connectivity index (χ0v) is 10.6. The van der Waals surface area contributed by atoms with E-state index in [-0.39, 0.29) is 0 Å². The smallest absolute Gasteiger partial charge is 0.318 e. The third-order valence-corrected chi connectivity index (χ3v) is 2.32. The summed E-state index contributed by atoms with van der Waals surface area (Å²) in [7, 11) is 3.59. The standard InChI is InChI=1S/C12H18N4O/c1-8-6-5-7-9(2)10(8)14-12(16(3)4)15-11(13)17/h5-7H,1-4H3,(H3,13,14,15,17). The van der Waals surface area contributed by atoms with E-state index in [0.717, 1.165) is 16.8 Å². The normalized spacial score (nSPS) is 11.2. The van der Waals surface area contributed by atoms with Gasteiger partial charge in [0.15, 0.2) is 0 Å². The van der Waals surface area contributed by atoms with Crippen LogP contribution in [0, 0.1) is 13.8 Å². The van der Waals surface area contributed by atoms with E-state index in [9.17, 15) is 4.79 Å². The SMILES string of the molecule is Cc1cccc(C)c1N=C(NC(N)=O)N(C)C. The summed E-state index contributed by atoms with van der Waals surface area (Å²) in [6.07, 6.45) is 0. The van der Waals surface area contributed by atoms with Crippen LogP contribution in [0.25, 0.3) is 0 Å². The van der Waals surface area contributed by atoms with Gasteiger partial charge in [-0.15, -0.1) is 0 Å². The molecule has 1 aromatic carbocycles. The molecule has 2 amide bonds. The van der Waals surface area contributed by atoms with Crippen LogP contribution < -0.4 is 11.1 Å². The zero-order chi connectivity index (χ0) is 13.0. The molecule has 0 spiro atoms. The van der Waals surface area contributed by atoms with E-state index in [1.165, 1.54) is 0 Å². The minimum Gasteiger partial charge on any atom is -0.351 e. The van der Waals surface area contributed by atoms with Gasteiger partial charge in [0, 0.05) is 14.1 Å². The van der Waals surface area contributed by atoms with Crippen LogP contribution in [0.1, 0.15) is 11.1 Å². The number of benzene rings is 1. The number of nitrogens with zero attached hydrogens (tertiary/aromatic N) is 2. The van der Waals surface area contributed by atoms with E-state index in [4.69, 9.17) is 5.73 Å². The van der Waals surface area contributed by atoms with Crippen LogP contribution >= 0.6 is 0 Å². The molecule has 1 aromatic rings. The lowest BCUT2D eigenvalue weighted by atomic mass is 10.1. The Bertz CT molecular complexity index is 432. The maximum Gasteiger partial charge on any atom is 0.318 e. The number of urea groups is 1. The van der Waals surface area contributed by atoms with Gasteiger partial charge in [-0.1, -0.05) is 18.2 Å². The second-order valence-corrected chi connectivity index (χ2v) is 4.06. The number of primary amides is 1. The number of aryl methyl sites for hydroxylation is 2. The summed E-state index contributed by atoms with van der Waals surface area (Å²) in [6, 6.07) is 5.30. The fourth-order valence-electron chi connectivity index (χ4n) is 1.44. The highest BCUT2D eigenvalue weighted by atomic mass is 16.2. The molecule has 1 rings (SSSR count). The van der Waals surface area contributed by atoms with Crippen molar-refractivity contribution in [1.82, 2.24) is 10.2 Å². The average molecular weight is 234 g/mol. The Labute approximate surface area is 101 Å². The molecule has 0 aliphatic carbocycles. The molecule has 0 unspecified atom stereocenters. The first-order valence-electron chi connectivity index (χ1n) is 5.30. The van der Waals surface area contributed by atoms with Crippen LogP contribution in [0.15, 0.2) is 23.2 Å². The van der Waals surface area contributed by atoms with Gasteiger partial charge in [0.25, 0.3) is 0 Å². The van der Waals surface area contributed by atoms with Crippen molar-refractivity contribution in [2.45, 2.75) is 13.8 Å². The third-order valence-electron chi connectivity index (χ3n) is 2.32. The van der Waals surface area contributed by atoms with Crippen molar-refractivity contribution in [3.05, 3.63) is 29.3 Å². The number of hydrogen-bond acceptors (Lipinski definition) is 2. The summed E-state index contributed by atoms with van der Waals surface area (Å²) >= 11 is 0. The van der Waals surface area contributed by atoms with Crippen molar-refractivity contribution in [1.29, 1.82) is 0 Å². The van der Waals surface area contributed by atoms with Gasteiger partial charge in [-0.3, -0.25) is 5.32 Å². The second kappa shape index (κ2) is 5.34. The highest BCUT2D eigenvalue weighted by molar-refractivity contribution is 5.96. The molecule has 0 saturated heterocycles. The minimum absolute atomic E-state index is 0.426. The molecule has 92 valence electrons. The summed E-state index contributed by atoms with van der Waals surface area (Å²) in [5, 5.41) is 2.50. The van der Waals surface area contributed by atoms with E-state index in [2.05, 4.69) is 10.3 Å². The van der Waals surface area contributed by atoms with Crippen LogP contribution in [0.5, 0.6) is 0 Å². The molecule has 0 saturated carbocycles. The quantitative estimate of drug-likeness (QED) is 0.571. The van der Waals surface area contributed by atoms with Crippen molar-refractivity contribution in [2.75, 3.05) is 14.1 Å². The summed E-state index contributed by atoms with van der Waals surface area (Å²) < 4.78 is 0. The predicted molar refractivity (Wildman–Crippen MR) is 69.4 cm³/mol. The molecule has 0 atom stereocenters. The summed E-state index contributed by atoms with van der Waals surface area (Å²) in [4.78, 5) is 17.0. The highest BCUT2D eigenvalue weighted by Gasteiger charge is 2.07. The maximum atomic E-state index is 10.9. The topological polar surface area (TPSA) is 70.7 Å². The number of hydrogen-bond donors (Lipinski definition) is 2. The molecule has 0 heterocycles. The second-order valence-electron chi connectivity index (χ2n) is 4.06. The molecule has 0 radical (unpaired) electrons. The molecular formula is C12H18N4O. The van der Waals surface area contributed by atoms with Crippen LogP contribution in [0.4, 0.5) is 10.5 Å². The largest absolute Gasteiger partial charge is 0.351 e. The third kappa shape index (κ3) is 3.48. The molecule has 0 bridgehead atoms. The molecule has 0 aliphatic rings. The summed E-state index contributed by atoms with van der Waals surface area (Å²) in [6.45, 7) is 3.95. The predicted octanol–water partition coefficient (Wildman–Crippen LogP) is 1.52. The van der Waals surface area contributed by atoms with Crippen LogP contribution in [0.2, 0.25) is 0 Å². The maximum absolute atomic E-state index is 10.9. The first-order chi connectivity index (χ1) is 7.91. The van der Waals surface area contributed by atoms with Crippen molar-refractivity contribution in [3.8, 4) is 0 Å². The Kier molecular flexibility index (Phi) is 4.09. The van der Waals surface area contributed by atoms with Gasteiger partial charge in [0.1, 0.15) is 0 Å². The number of aliphatic imine (C=N–C) groups is 1. The van der Waals surface area contributed by atoms with Crippen molar-refractivity contribution in [2.24, 2.45) is 10.7 Å². The molecule has 0 aromatic heterocycles. The van der Waals surface area contributed by atoms with Crippen molar-refractivity contribution >= 4 is 17.7 Å². The Morgan fingerprint density at radius 3 is 2.24 bits per heavy atom. The zero-order valence-electron chi connectivity index (χ0n) is 10.6. The summed E-state index contributed by atoms with van der Waals surface area (Å²) in [5.74, 6) is 0.426. The van der Waals surface area contributed by atoms with E-state index in [1.807, 2.05) is 32.0 Å². The lowest BCUT2D eigenvalue weighted by Crippen LogP contribution is -2.42. The number of carbonyl (C=O) groups excluding carboxylic acids is 1. The number of guanidine groups is 1. The van der Waals surface area contributed by atoms with E-state index in [0.29, 0.717) is 5.96 Å². The molecule has 5 heteroatoms. The van der Waals surface area contributed by atoms with Gasteiger partial charge in [-0.05, 0) is 25.0 Å². The number of rotatable bonds is 1. The Morgan fingerprint density at radius 2 is 1.82 bits per heavy atom. The molecule has 17 heavy (non-hydrogen) atoms. The lowest BCUT2D eigenvalue weighted by molar-refractivity contribution is 0.252. The molecule has 3 N–H and O–H groups in total. The number of nitrogens with two attached hydrogens (primary N) is 1. The van der Waals surface area contributed by atoms with Crippen LogP contribution in [-0.4, -0.2) is 31.0 Å². The van der Waals surface area contributed by atoms with E-state index in [1.54, 1.807) is 19.0 Å². The minimum atomic E-state index is -0.622. The van der Waals surface area contributed by atoms with Gasteiger partial charge in [0.2, 0.25) is 5.96 Å². The summed E-state index contributed by atoms with van der Waals surface area (Å²) in [5.41, 5.74) is 8.06. The Balaban J connectivity index is 3.17. The molecule has 0 fully saturated rings. The fraction of sp³-hybridized carbons (Fsp3) is 0.333. The highest BCUT2D eigenvalue weighted by Crippen LogP contribution is 2.22. The number of nitrogens with one attached hydrogen (secondary N) is 1. The first-order valence-corrected chi connectivity index (χ1v) is 5.30. The molecule has 5 nitrogen and oxygen atoms in total. The number of para-hydroxylation sites is 1. The van der Waals surface area contributed by atoms with Gasteiger partial charge >= 0.3 is 6.03 Å². The van der Waals surface area contributed by atoms with Gasteiger partial charge in [0.05, 0.1) is 5.69 Å². The monoisotopic (exact) mass is 234 g/mol. The Hall–Kier alpha value is -2.04. The van der Waals surface area contributed by atoms with Crippen LogP contribution in [-0.2, 0) is 0 Å². The number of amides is 2. The average Bonchev–Trinajstić information content (AvgIpc) is 2.21. The number of carbonyl (C=O) groups is 1. The van der Waals surface area contributed by atoms with Crippen molar-refractivity contribution < 1.29 is 4.79 Å². The van der Waals surface area contributed by atoms with Gasteiger partial charge in [-0.25, -0.2) is 9.79 Å². The van der Waals surface area contributed by atoms with Gasteiger partial charge in [-0.2, -0.15) is 0 Å².